The van der Waals surface area contributed by atoms with Gasteiger partial charge >= 0.3 is 6.18 Å². The summed E-state index contributed by atoms with van der Waals surface area (Å²) < 4.78 is 41.3. The molecule has 27 heavy (non-hydrogen) atoms. The fourth-order valence-electron chi connectivity index (χ4n) is 2.78. The Balaban J connectivity index is 1.99. The van der Waals surface area contributed by atoms with Gasteiger partial charge in [-0.1, -0.05) is 11.6 Å². The van der Waals surface area contributed by atoms with Crippen LogP contribution >= 0.6 is 22.9 Å². The van der Waals surface area contributed by atoms with Gasteiger partial charge in [-0.15, -0.1) is 11.3 Å². The minimum atomic E-state index is -4.68. The molecule has 0 radical (unpaired) electrons. The third-order valence-electron chi connectivity index (χ3n) is 4.03. The Morgan fingerprint density at radius 2 is 2.00 bits per heavy atom. The molecule has 0 aliphatic rings. The van der Waals surface area contributed by atoms with Crippen LogP contribution in [-0.4, -0.2) is 19.9 Å². The SMILES string of the molecule is Cc1cc(C(=O)Cn2cc(C(F)(F)F)cc(Cl)c2=O)c(C)n1-c1nccs1. The maximum atomic E-state index is 12.9. The Bertz CT molecular complexity index is 1070. The molecule has 0 saturated heterocycles. The maximum Gasteiger partial charge on any atom is 0.417 e. The Labute approximate surface area is 160 Å². The van der Waals surface area contributed by atoms with E-state index >= 15 is 0 Å². The summed E-state index contributed by atoms with van der Waals surface area (Å²) in [6.45, 7) is 2.95. The van der Waals surface area contributed by atoms with Crippen molar-refractivity contribution in [1.29, 1.82) is 0 Å². The van der Waals surface area contributed by atoms with Crippen molar-refractivity contribution in [3.05, 3.63) is 67.8 Å². The molecule has 3 heterocycles. The van der Waals surface area contributed by atoms with Gasteiger partial charge in [0.2, 0.25) is 0 Å². The quantitative estimate of drug-likeness (QED) is 0.598. The zero-order valence-corrected chi connectivity index (χ0v) is 15.7. The van der Waals surface area contributed by atoms with Gasteiger partial charge in [0.25, 0.3) is 5.56 Å². The number of carbonyl (C=O) groups excluding carboxylic acids is 1. The number of ketones is 1. The number of alkyl halides is 3. The van der Waals surface area contributed by atoms with Crippen LogP contribution in [0.4, 0.5) is 13.2 Å². The molecule has 3 aromatic rings. The summed E-state index contributed by atoms with van der Waals surface area (Å²) in [5.74, 6) is -0.497. The molecule has 3 rings (SSSR count). The summed E-state index contributed by atoms with van der Waals surface area (Å²) in [6.07, 6.45) is -2.44. The average Bonchev–Trinajstić information content (AvgIpc) is 3.18. The first-order chi connectivity index (χ1) is 12.6. The molecule has 142 valence electrons. The van der Waals surface area contributed by atoms with Crippen LogP contribution in [0.25, 0.3) is 5.13 Å². The molecule has 0 aliphatic heterocycles. The van der Waals surface area contributed by atoms with E-state index in [0.717, 1.165) is 5.69 Å². The van der Waals surface area contributed by atoms with Crippen molar-refractivity contribution in [2.75, 3.05) is 0 Å². The van der Waals surface area contributed by atoms with Crippen molar-refractivity contribution in [3.8, 4) is 5.13 Å². The van der Waals surface area contributed by atoms with Crippen molar-refractivity contribution >= 4 is 28.7 Å². The largest absolute Gasteiger partial charge is 0.417 e. The van der Waals surface area contributed by atoms with E-state index < -0.39 is 34.6 Å². The predicted octanol–water partition coefficient (Wildman–Crippen LogP) is 4.27. The summed E-state index contributed by atoms with van der Waals surface area (Å²) in [4.78, 5) is 28.9. The molecule has 0 amide bonds. The Morgan fingerprint density at radius 3 is 2.59 bits per heavy atom. The highest BCUT2D eigenvalue weighted by Gasteiger charge is 2.32. The number of carbonyl (C=O) groups is 1. The molecule has 0 spiro atoms. The third-order valence-corrected chi connectivity index (χ3v) is 5.05. The fourth-order valence-corrected chi connectivity index (χ4v) is 3.75. The van der Waals surface area contributed by atoms with Crippen molar-refractivity contribution in [2.45, 2.75) is 26.6 Å². The lowest BCUT2D eigenvalue weighted by Crippen LogP contribution is -2.26. The van der Waals surface area contributed by atoms with E-state index in [1.807, 2.05) is 0 Å². The molecular formula is C17H13ClF3N3O2S. The van der Waals surface area contributed by atoms with Crippen molar-refractivity contribution in [1.82, 2.24) is 14.1 Å². The maximum absolute atomic E-state index is 12.9. The van der Waals surface area contributed by atoms with Gasteiger partial charge < -0.3 is 4.57 Å². The molecule has 0 aliphatic carbocycles. The highest BCUT2D eigenvalue weighted by atomic mass is 35.5. The van der Waals surface area contributed by atoms with Crippen LogP contribution < -0.4 is 5.56 Å². The summed E-state index contributed by atoms with van der Waals surface area (Å²) in [7, 11) is 0. The van der Waals surface area contributed by atoms with Crippen molar-refractivity contribution in [2.24, 2.45) is 0 Å². The van der Waals surface area contributed by atoms with Gasteiger partial charge in [0.1, 0.15) is 5.02 Å². The molecule has 0 fully saturated rings. The first-order valence-corrected chi connectivity index (χ1v) is 8.94. The molecule has 0 N–H and O–H groups in total. The van der Waals surface area contributed by atoms with Crippen molar-refractivity contribution in [3.63, 3.8) is 0 Å². The number of thiazole rings is 1. The number of aryl methyl sites for hydroxylation is 1. The minimum Gasteiger partial charge on any atom is -0.306 e. The number of pyridine rings is 1. The van der Waals surface area contributed by atoms with Crippen LogP contribution in [-0.2, 0) is 12.7 Å². The van der Waals surface area contributed by atoms with E-state index in [4.69, 9.17) is 11.6 Å². The highest BCUT2D eigenvalue weighted by Crippen LogP contribution is 2.30. The van der Waals surface area contributed by atoms with Gasteiger partial charge in [0, 0.05) is 34.7 Å². The van der Waals surface area contributed by atoms with Crippen LogP contribution in [0.15, 0.2) is 34.7 Å². The summed E-state index contributed by atoms with van der Waals surface area (Å²) in [6, 6.07) is 2.18. The van der Waals surface area contributed by atoms with Crippen LogP contribution in [0.5, 0.6) is 0 Å². The van der Waals surface area contributed by atoms with E-state index in [2.05, 4.69) is 4.98 Å². The second-order valence-electron chi connectivity index (χ2n) is 5.87. The molecule has 10 heteroatoms. The first-order valence-electron chi connectivity index (χ1n) is 7.68. The predicted molar refractivity (Wildman–Crippen MR) is 96.0 cm³/mol. The fraction of sp³-hybridized carbons (Fsp3) is 0.235. The molecular weight excluding hydrogens is 403 g/mol. The van der Waals surface area contributed by atoms with Crippen molar-refractivity contribution < 1.29 is 18.0 Å². The van der Waals surface area contributed by atoms with Gasteiger partial charge in [0.15, 0.2) is 10.9 Å². The van der Waals surface area contributed by atoms with Gasteiger partial charge in [-0.05, 0) is 26.0 Å². The molecule has 0 atom stereocenters. The topological polar surface area (TPSA) is 56.9 Å². The zero-order valence-electron chi connectivity index (χ0n) is 14.2. The number of Topliss-reactive ketones (excluding diaryl/α,β-unsaturated/α-hetero) is 1. The molecule has 0 saturated carbocycles. The number of aromatic nitrogens is 3. The molecule has 0 aromatic carbocycles. The number of rotatable bonds is 4. The minimum absolute atomic E-state index is 0.308. The number of hydrogen-bond acceptors (Lipinski definition) is 4. The van der Waals surface area contributed by atoms with Gasteiger partial charge in [0.05, 0.1) is 12.1 Å². The van der Waals surface area contributed by atoms with Crippen LogP contribution in [0, 0.1) is 13.8 Å². The second kappa shape index (κ2) is 6.97. The van der Waals surface area contributed by atoms with Crippen LogP contribution in [0.2, 0.25) is 5.02 Å². The highest BCUT2D eigenvalue weighted by molar-refractivity contribution is 7.12. The molecule has 0 unspecified atom stereocenters. The summed E-state index contributed by atoms with van der Waals surface area (Å²) >= 11 is 7.01. The number of nitrogens with zero attached hydrogens (tertiary/aromatic N) is 3. The van der Waals surface area contributed by atoms with Gasteiger partial charge in [-0.25, -0.2) is 4.98 Å². The van der Waals surface area contributed by atoms with Crippen LogP contribution in [0.1, 0.15) is 27.3 Å². The second-order valence-corrected chi connectivity index (χ2v) is 7.15. The van der Waals surface area contributed by atoms with E-state index in [0.29, 0.717) is 33.2 Å². The normalized spacial score (nSPS) is 11.8. The smallest absolute Gasteiger partial charge is 0.306 e. The van der Waals surface area contributed by atoms with E-state index in [1.165, 1.54) is 11.3 Å². The standard InChI is InChI=1S/C17H13ClF3N3O2S/c1-9-5-12(10(2)24(9)16-22-3-4-27-16)14(25)8-23-7-11(17(19,20)21)6-13(18)15(23)26/h3-7H,8H2,1-2H3. The number of halogens is 4. The number of hydrogen-bond donors (Lipinski definition) is 0. The lowest BCUT2D eigenvalue weighted by molar-refractivity contribution is -0.138. The Kier molecular flexibility index (Phi) is 5.00. The third kappa shape index (κ3) is 3.70. The van der Waals surface area contributed by atoms with Gasteiger partial charge in [-0.3, -0.25) is 14.2 Å². The average molecular weight is 416 g/mol. The Hall–Kier alpha value is -2.39. The van der Waals surface area contributed by atoms with E-state index in [9.17, 15) is 22.8 Å². The first kappa shape index (κ1) is 19.4. The monoisotopic (exact) mass is 415 g/mol. The summed E-state index contributed by atoms with van der Waals surface area (Å²) in [5, 5.41) is 1.87. The molecule has 0 bridgehead atoms. The lowest BCUT2D eigenvalue weighted by atomic mass is 10.1. The zero-order chi connectivity index (χ0) is 19.9. The Morgan fingerprint density at radius 1 is 1.30 bits per heavy atom. The van der Waals surface area contributed by atoms with Crippen LogP contribution in [0.3, 0.4) is 0 Å². The summed E-state index contributed by atoms with van der Waals surface area (Å²) in [5.41, 5.74) is -0.290. The lowest BCUT2D eigenvalue weighted by Gasteiger charge is -2.11. The van der Waals surface area contributed by atoms with Gasteiger partial charge in [-0.2, -0.15) is 13.2 Å². The molecule has 5 nitrogen and oxygen atoms in total. The molecule has 3 aromatic heterocycles. The van der Waals surface area contributed by atoms with E-state index in [1.54, 1.807) is 36.1 Å². The van der Waals surface area contributed by atoms with E-state index in [-0.39, 0.29) is 0 Å².